The number of carbonyl (C=O) groups excluding carboxylic acids is 1. The van der Waals surface area contributed by atoms with Crippen LogP contribution in [0.5, 0.6) is 0 Å². The molecule has 0 amide bonds. The number of fused-ring (bicyclic) bond motifs is 1. The van der Waals surface area contributed by atoms with E-state index in [1.54, 1.807) is 6.92 Å². The summed E-state index contributed by atoms with van der Waals surface area (Å²) < 4.78 is 4.89. The zero-order valence-corrected chi connectivity index (χ0v) is 12.6. The van der Waals surface area contributed by atoms with Crippen LogP contribution < -0.4 is 0 Å². The van der Waals surface area contributed by atoms with Crippen molar-refractivity contribution in [1.29, 1.82) is 5.26 Å². The SMILES string of the molecule is CCOC(=O)CSc1nc2c(cc1C#N)C[C@H](C)CC2. The van der Waals surface area contributed by atoms with Gasteiger partial charge in [-0.15, -0.1) is 0 Å². The van der Waals surface area contributed by atoms with Crippen molar-refractivity contribution in [2.75, 3.05) is 12.4 Å². The van der Waals surface area contributed by atoms with Crippen molar-refractivity contribution >= 4 is 17.7 Å². The van der Waals surface area contributed by atoms with Crippen molar-refractivity contribution in [2.24, 2.45) is 5.92 Å². The number of esters is 1. The van der Waals surface area contributed by atoms with Crippen molar-refractivity contribution in [3.05, 3.63) is 22.9 Å². The third-order valence-electron chi connectivity index (χ3n) is 3.35. The van der Waals surface area contributed by atoms with Crippen LogP contribution in [-0.4, -0.2) is 23.3 Å². The lowest BCUT2D eigenvalue weighted by molar-refractivity contribution is -0.139. The molecule has 1 aliphatic carbocycles. The minimum Gasteiger partial charge on any atom is -0.465 e. The number of aryl methyl sites for hydroxylation is 1. The normalized spacial score (nSPS) is 17.1. The van der Waals surface area contributed by atoms with Crippen molar-refractivity contribution < 1.29 is 9.53 Å². The summed E-state index contributed by atoms with van der Waals surface area (Å²) in [6, 6.07) is 4.12. The fourth-order valence-electron chi connectivity index (χ4n) is 2.35. The highest BCUT2D eigenvalue weighted by Crippen LogP contribution is 2.29. The fourth-order valence-corrected chi connectivity index (χ4v) is 3.12. The number of carbonyl (C=O) groups is 1. The maximum absolute atomic E-state index is 11.4. The average Bonchev–Trinajstić information content (AvgIpc) is 2.44. The molecule has 0 saturated heterocycles. The predicted octanol–water partition coefficient (Wildman–Crippen LogP) is 2.73. The maximum Gasteiger partial charge on any atom is 0.316 e. The number of hydrogen-bond acceptors (Lipinski definition) is 5. The highest BCUT2D eigenvalue weighted by Gasteiger charge is 2.19. The average molecular weight is 290 g/mol. The van der Waals surface area contributed by atoms with E-state index in [1.165, 1.54) is 17.3 Å². The first-order chi connectivity index (χ1) is 9.63. The highest BCUT2D eigenvalue weighted by molar-refractivity contribution is 7.99. The Morgan fingerprint density at radius 3 is 3.15 bits per heavy atom. The van der Waals surface area contributed by atoms with Crippen LogP contribution in [-0.2, 0) is 22.4 Å². The first-order valence-corrected chi connectivity index (χ1v) is 7.84. The predicted molar refractivity (Wildman–Crippen MR) is 77.5 cm³/mol. The molecule has 1 aromatic heterocycles. The number of nitrogens with zero attached hydrogens (tertiary/aromatic N) is 2. The summed E-state index contributed by atoms with van der Waals surface area (Å²) in [4.78, 5) is 16.0. The van der Waals surface area contributed by atoms with Gasteiger partial charge in [0.1, 0.15) is 11.1 Å². The van der Waals surface area contributed by atoms with Gasteiger partial charge in [0.2, 0.25) is 0 Å². The van der Waals surface area contributed by atoms with Gasteiger partial charge in [-0.05, 0) is 43.7 Å². The minimum atomic E-state index is -0.269. The third kappa shape index (κ3) is 3.51. The fraction of sp³-hybridized carbons (Fsp3) is 0.533. The zero-order valence-electron chi connectivity index (χ0n) is 11.8. The van der Waals surface area contributed by atoms with Gasteiger partial charge in [0.15, 0.2) is 0 Å². The minimum absolute atomic E-state index is 0.199. The van der Waals surface area contributed by atoms with Crippen molar-refractivity contribution in [3.8, 4) is 6.07 Å². The summed E-state index contributed by atoms with van der Waals surface area (Å²) in [5.74, 6) is 0.577. The molecule has 0 N–H and O–H groups in total. The van der Waals surface area contributed by atoms with Crippen molar-refractivity contribution in [3.63, 3.8) is 0 Å². The molecule has 0 aliphatic heterocycles. The van der Waals surface area contributed by atoms with Gasteiger partial charge in [-0.25, -0.2) is 4.98 Å². The second-order valence-electron chi connectivity index (χ2n) is 5.00. The van der Waals surface area contributed by atoms with Crippen LogP contribution in [0.2, 0.25) is 0 Å². The topological polar surface area (TPSA) is 63.0 Å². The lowest BCUT2D eigenvalue weighted by atomic mass is 9.87. The molecule has 0 aromatic carbocycles. The quantitative estimate of drug-likeness (QED) is 0.630. The van der Waals surface area contributed by atoms with Crippen molar-refractivity contribution in [2.45, 2.75) is 38.1 Å². The largest absolute Gasteiger partial charge is 0.465 e. The molecule has 0 saturated carbocycles. The Hall–Kier alpha value is -1.54. The number of nitriles is 1. The van der Waals surface area contributed by atoms with Gasteiger partial charge < -0.3 is 4.74 Å². The van der Waals surface area contributed by atoms with E-state index in [2.05, 4.69) is 18.0 Å². The summed E-state index contributed by atoms with van der Waals surface area (Å²) in [5, 5.41) is 9.88. The standard InChI is InChI=1S/C15H18N2O2S/c1-3-19-14(18)9-20-15-12(8-16)7-11-6-10(2)4-5-13(11)17-15/h7,10H,3-6,9H2,1-2H3/t10-/m1/s1. The van der Waals surface area contributed by atoms with Gasteiger partial charge in [-0.3, -0.25) is 4.79 Å². The maximum atomic E-state index is 11.4. The number of ether oxygens (including phenoxy) is 1. The Balaban J connectivity index is 2.17. The van der Waals surface area contributed by atoms with E-state index in [1.807, 2.05) is 6.07 Å². The van der Waals surface area contributed by atoms with E-state index in [-0.39, 0.29) is 11.7 Å². The van der Waals surface area contributed by atoms with Gasteiger partial charge in [0.25, 0.3) is 0 Å². The van der Waals surface area contributed by atoms with E-state index < -0.39 is 0 Å². The first-order valence-electron chi connectivity index (χ1n) is 6.85. The molecule has 2 rings (SSSR count). The summed E-state index contributed by atoms with van der Waals surface area (Å²) in [6.07, 6.45) is 3.07. The molecule has 0 spiro atoms. The second-order valence-corrected chi connectivity index (χ2v) is 5.96. The Kier molecular flexibility index (Phi) is 5.02. The molecule has 1 heterocycles. The van der Waals surface area contributed by atoms with Gasteiger partial charge in [0, 0.05) is 5.69 Å². The lowest BCUT2D eigenvalue weighted by Crippen LogP contribution is -2.14. The number of pyridine rings is 1. The molecular formula is C15H18N2O2S. The Morgan fingerprint density at radius 2 is 2.45 bits per heavy atom. The van der Waals surface area contributed by atoms with Crippen LogP contribution in [0, 0.1) is 17.2 Å². The van der Waals surface area contributed by atoms with E-state index in [0.717, 1.165) is 25.0 Å². The number of thioether (sulfide) groups is 1. The summed E-state index contributed by atoms with van der Waals surface area (Å²) >= 11 is 1.29. The molecule has 106 valence electrons. The molecule has 1 atom stereocenters. The Morgan fingerprint density at radius 1 is 1.65 bits per heavy atom. The van der Waals surface area contributed by atoms with Gasteiger partial charge in [0.05, 0.1) is 17.9 Å². The van der Waals surface area contributed by atoms with Crippen molar-refractivity contribution in [1.82, 2.24) is 4.98 Å². The molecule has 5 heteroatoms. The van der Waals surface area contributed by atoms with E-state index in [9.17, 15) is 10.1 Å². The molecule has 1 aromatic rings. The third-order valence-corrected chi connectivity index (χ3v) is 4.32. The monoisotopic (exact) mass is 290 g/mol. The molecule has 0 fully saturated rings. The van der Waals surface area contributed by atoms with Crippen LogP contribution >= 0.6 is 11.8 Å². The van der Waals surface area contributed by atoms with Crippen LogP contribution in [0.1, 0.15) is 37.1 Å². The molecule has 4 nitrogen and oxygen atoms in total. The molecule has 0 bridgehead atoms. The number of hydrogen-bond donors (Lipinski definition) is 0. The molecule has 0 unspecified atom stereocenters. The first kappa shape index (κ1) is 14.9. The summed E-state index contributed by atoms with van der Waals surface area (Å²) in [5.41, 5.74) is 2.82. The van der Waals surface area contributed by atoms with Gasteiger partial charge >= 0.3 is 5.97 Å². The number of aromatic nitrogens is 1. The lowest BCUT2D eigenvalue weighted by Gasteiger charge is -2.21. The number of rotatable bonds is 4. The van der Waals surface area contributed by atoms with Gasteiger partial charge in [-0.1, -0.05) is 18.7 Å². The van der Waals surface area contributed by atoms with Gasteiger partial charge in [-0.2, -0.15) is 5.26 Å². The molecule has 20 heavy (non-hydrogen) atoms. The molecule has 1 aliphatic rings. The van der Waals surface area contributed by atoms with E-state index in [0.29, 0.717) is 23.1 Å². The molecule has 0 radical (unpaired) electrons. The van der Waals surface area contributed by atoms with E-state index in [4.69, 9.17) is 4.74 Å². The van der Waals surface area contributed by atoms with Crippen LogP contribution in [0.4, 0.5) is 0 Å². The summed E-state index contributed by atoms with van der Waals surface area (Å²) in [7, 11) is 0. The Labute approximate surface area is 123 Å². The summed E-state index contributed by atoms with van der Waals surface area (Å²) in [6.45, 7) is 4.37. The zero-order chi connectivity index (χ0) is 14.5. The van der Waals surface area contributed by atoms with E-state index >= 15 is 0 Å². The highest BCUT2D eigenvalue weighted by atomic mass is 32.2. The molecular weight excluding hydrogens is 272 g/mol. The second kappa shape index (κ2) is 6.76. The van der Waals surface area contributed by atoms with Crippen LogP contribution in [0.25, 0.3) is 0 Å². The smallest absolute Gasteiger partial charge is 0.316 e. The van der Waals surface area contributed by atoms with Crippen LogP contribution in [0.3, 0.4) is 0 Å². The van der Waals surface area contributed by atoms with Crippen LogP contribution in [0.15, 0.2) is 11.1 Å². The Bertz CT molecular complexity index is 552.